The van der Waals surface area contributed by atoms with Crippen LogP contribution in [0.15, 0.2) is 41.1 Å². The van der Waals surface area contributed by atoms with Gasteiger partial charge in [-0.1, -0.05) is 11.6 Å². The number of amides is 1. The van der Waals surface area contributed by atoms with Gasteiger partial charge in [0.2, 0.25) is 0 Å². The minimum Gasteiger partial charge on any atom is -0.398 e. The predicted octanol–water partition coefficient (Wildman–Crippen LogP) is 3.33. The molecule has 0 aliphatic carbocycles. The molecule has 0 aliphatic rings. The third-order valence-electron chi connectivity index (χ3n) is 2.28. The Morgan fingerprint density at radius 2 is 2.17 bits per heavy atom. The lowest BCUT2D eigenvalue weighted by Gasteiger charge is -2.07. The van der Waals surface area contributed by atoms with Gasteiger partial charge < -0.3 is 11.1 Å². The average molecular weight is 327 g/mol. The van der Waals surface area contributed by atoms with Crippen molar-refractivity contribution in [1.82, 2.24) is 4.98 Å². The number of anilines is 2. The largest absolute Gasteiger partial charge is 0.398 e. The van der Waals surface area contributed by atoms with Crippen LogP contribution in [-0.4, -0.2) is 10.9 Å². The van der Waals surface area contributed by atoms with Gasteiger partial charge in [-0.25, -0.2) is 0 Å². The first-order valence-corrected chi connectivity index (χ1v) is 6.21. The second-order valence-electron chi connectivity index (χ2n) is 3.55. The Morgan fingerprint density at radius 3 is 2.83 bits per heavy atom. The van der Waals surface area contributed by atoms with Crippen molar-refractivity contribution in [2.45, 2.75) is 0 Å². The van der Waals surface area contributed by atoms with E-state index in [4.69, 9.17) is 17.3 Å². The van der Waals surface area contributed by atoms with Gasteiger partial charge in [0.1, 0.15) is 0 Å². The molecule has 18 heavy (non-hydrogen) atoms. The Bertz CT molecular complexity index is 604. The maximum Gasteiger partial charge on any atom is 0.255 e. The number of carbonyl (C=O) groups is 1. The molecule has 0 atom stereocenters. The van der Waals surface area contributed by atoms with Crippen molar-refractivity contribution in [3.8, 4) is 0 Å². The third-order valence-corrected chi connectivity index (χ3v) is 3.24. The molecular formula is C12H9BrClN3O. The van der Waals surface area contributed by atoms with Gasteiger partial charge in [-0.2, -0.15) is 0 Å². The standard InChI is InChI=1S/C12H9BrClN3O/c13-8-6-16-4-3-11(8)17-12(18)7-1-2-10(15)9(14)5-7/h1-6H,15H2,(H,16,17,18). The molecule has 0 fully saturated rings. The van der Waals surface area contributed by atoms with Gasteiger partial charge in [0.15, 0.2) is 0 Å². The fourth-order valence-electron chi connectivity index (χ4n) is 1.34. The zero-order chi connectivity index (χ0) is 13.1. The second-order valence-corrected chi connectivity index (χ2v) is 4.81. The van der Waals surface area contributed by atoms with Crippen molar-refractivity contribution >= 4 is 44.8 Å². The zero-order valence-electron chi connectivity index (χ0n) is 9.15. The van der Waals surface area contributed by atoms with E-state index < -0.39 is 0 Å². The van der Waals surface area contributed by atoms with Crippen LogP contribution >= 0.6 is 27.5 Å². The Labute approximate surface area is 117 Å². The lowest BCUT2D eigenvalue weighted by Crippen LogP contribution is -2.12. The first-order chi connectivity index (χ1) is 8.58. The number of nitrogens with zero attached hydrogens (tertiary/aromatic N) is 1. The molecule has 1 aromatic heterocycles. The first kappa shape index (κ1) is 12.9. The molecule has 0 spiro atoms. The maximum atomic E-state index is 12.0. The molecule has 0 unspecified atom stereocenters. The Balaban J connectivity index is 2.22. The molecule has 92 valence electrons. The van der Waals surface area contributed by atoms with E-state index in [2.05, 4.69) is 26.2 Å². The molecule has 6 heteroatoms. The summed E-state index contributed by atoms with van der Waals surface area (Å²) in [5, 5.41) is 3.11. The molecule has 2 aromatic rings. The summed E-state index contributed by atoms with van der Waals surface area (Å²) in [7, 11) is 0. The fraction of sp³-hybridized carbons (Fsp3) is 0. The molecule has 1 amide bonds. The summed E-state index contributed by atoms with van der Waals surface area (Å²) >= 11 is 9.17. The van der Waals surface area contributed by atoms with Crippen LogP contribution in [-0.2, 0) is 0 Å². The highest BCUT2D eigenvalue weighted by molar-refractivity contribution is 9.10. The maximum absolute atomic E-state index is 12.0. The molecule has 1 heterocycles. The lowest BCUT2D eigenvalue weighted by atomic mass is 10.2. The first-order valence-electron chi connectivity index (χ1n) is 5.04. The number of carbonyl (C=O) groups excluding carboxylic acids is 1. The van der Waals surface area contributed by atoms with Crippen molar-refractivity contribution in [3.05, 3.63) is 51.7 Å². The van der Waals surface area contributed by atoms with Gasteiger partial charge in [0.05, 0.1) is 20.9 Å². The minimum atomic E-state index is -0.260. The molecule has 0 aliphatic heterocycles. The number of halogens is 2. The van der Waals surface area contributed by atoms with E-state index in [1.54, 1.807) is 30.6 Å². The van der Waals surface area contributed by atoms with Gasteiger partial charge in [-0.05, 0) is 40.2 Å². The van der Waals surface area contributed by atoms with Crippen molar-refractivity contribution in [3.63, 3.8) is 0 Å². The third kappa shape index (κ3) is 2.80. The van der Waals surface area contributed by atoms with E-state index in [-0.39, 0.29) is 5.91 Å². The smallest absolute Gasteiger partial charge is 0.255 e. The zero-order valence-corrected chi connectivity index (χ0v) is 11.5. The van der Waals surface area contributed by atoms with Crippen LogP contribution in [0.4, 0.5) is 11.4 Å². The number of nitrogens with one attached hydrogen (secondary N) is 1. The van der Waals surface area contributed by atoms with E-state index in [1.807, 2.05) is 0 Å². The van der Waals surface area contributed by atoms with Crippen molar-refractivity contribution in [1.29, 1.82) is 0 Å². The van der Waals surface area contributed by atoms with E-state index in [0.29, 0.717) is 26.4 Å². The van der Waals surface area contributed by atoms with Gasteiger partial charge in [0, 0.05) is 18.0 Å². The minimum absolute atomic E-state index is 0.260. The van der Waals surface area contributed by atoms with E-state index in [0.717, 1.165) is 0 Å². The van der Waals surface area contributed by atoms with Gasteiger partial charge in [0.25, 0.3) is 5.91 Å². The number of nitrogens with two attached hydrogens (primary N) is 1. The van der Waals surface area contributed by atoms with Crippen LogP contribution in [0, 0.1) is 0 Å². The van der Waals surface area contributed by atoms with Crippen molar-refractivity contribution in [2.24, 2.45) is 0 Å². The quantitative estimate of drug-likeness (QED) is 0.832. The fourth-order valence-corrected chi connectivity index (χ4v) is 1.87. The summed E-state index contributed by atoms with van der Waals surface area (Å²) in [6, 6.07) is 6.44. The van der Waals surface area contributed by atoms with Crippen LogP contribution in [0.1, 0.15) is 10.4 Å². The number of hydrogen-bond donors (Lipinski definition) is 2. The number of benzene rings is 1. The summed E-state index contributed by atoms with van der Waals surface area (Å²) in [6.45, 7) is 0. The Morgan fingerprint density at radius 1 is 1.39 bits per heavy atom. The highest BCUT2D eigenvalue weighted by atomic mass is 79.9. The van der Waals surface area contributed by atoms with Crippen molar-refractivity contribution in [2.75, 3.05) is 11.1 Å². The van der Waals surface area contributed by atoms with E-state index >= 15 is 0 Å². The molecule has 4 nitrogen and oxygen atoms in total. The van der Waals surface area contributed by atoms with Crippen molar-refractivity contribution < 1.29 is 4.79 Å². The summed E-state index contributed by atoms with van der Waals surface area (Å²) in [4.78, 5) is 15.9. The number of hydrogen-bond acceptors (Lipinski definition) is 3. The summed E-state index contributed by atoms with van der Waals surface area (Å²) in [5.41, 5.74) is 7.11. The van der Waals surface area contributed by atoms with Crippen LogP contribution in [0.5, 0.6) is 0 Å². The Hall–Kier alpha value is -1.59. The topological polar surface area (TPSA) is 68.0 Å². The highest BCUT2D eigenvalue weighted by Gasteiger charge is 2.09. The molecule has 0 radical (unpaired) electrons. The number of rotatable bonds is 2. The van der Waals surface area contributed by atoms with Crippen LogP contribution in [0.25, 0.3) is 0 Å². The highest BCUT2D eigenvalue weighted by Crippen LogP contribution is 2.23. The van der Waals surface area contributed by atoms with Gasteiger partial charge in [-0.3, -0.25) is 9.78 Å². The summed E-state index contributed by atoms with van der Waals surface area (Å²) in [6.07, 6.45) is 3.20. The Kier molecular flexibility index (Phi) is 3.84. The monoisotopic (exact) mass is 325 g/mol. The summed E-state index contributed by atoms with van der Waals surface area (Å²) in [5.74, 6) is -0.260. The second kappa shape index (κ2) is 5.37. The molecular weight excluding hydrogens is 318 g/mol. The van der Waals surface area contributed by atoms with Gasteiger partial charge >= 0.3 is 0 Å². The average Bonchev–Trinajstić information content (AvgIpc) is 2.35. The molecule has 1 aromatic carbocycles. The van der Waals surface area contributed by atoms with Crippen LogP contribution in [0.2, 0.25) is 5.02 Å². The molecule has 0 bridgehead atoms. The SMILES string of the molecule is Nc1ccc(C(=O)Nc2ccncc2Br)cc1Cl. The van der Waals surface area contributed by atoms with E-state index in [9.17, 15) is 4.79 Å². The predicted molar refractivity (Wildman–Crippen MR) is 75.8 cm³/mol. The van der Waals surface area contributed by atoms with E-state index in [1.165, 1.54) is 6.07 Å². The molecule has 0 saturated heterocycles. The lowest BCUT2D eigenvalue weighted by molar-refractivity contribution is 0.102. The van der Waals surface area contributed by atoms with Gasteiger partial charge in [-0.15, -0.1) is 0 Å². The van der Waals surface area contributed by atoms with Crippen LogP contribution < -0.4 is 11.1 Å². The normalized spacial score (nSPS) is 10.1. The number of pyridine rings is 1. The number of nitrogen functional groups attached to an aromatic ring is 1. The van der Waals surface area contributed by atoms with Crippen LogP contribution in [0.3, 0.4) is 0 Å². The molecule has 0 saturated carbocycles. The molecule has 3 N–H and O–H groups in total. The molecule has 2 rings (SSSR count). The number of aromatic nitrogens is 1. The summed E-state index contributed by atoms with van der Waals surface area (Å²) < 4.78 is 0.708.